The molecule has 2 nitrogen and oxygen atoms in total. The maximum atomic E-state index is 5.92. The summed E-state index contributed by atoms with van der Waals surface area (Å²) >= 11 is 7.55. The summed E-state index contributed by atoms with van der Waals surface area (Å²) in [4.78, 5) is 3.75. The van der Waals surface area contributed by atoms with Gasteiger partial charge in [-0.15, -0.1) is 11.3 Å². The number of nitrogens with zero attached hydrogens (tertiary/aromatic N) is 1. The molecule has 4 heteroatoms. The third-order valence-corrected chi connectivity index (χ3v) is 3.77. The molecule has 1 aliphatic heterocycles. The van der Waals surface area contributed by atoms with E-state index < -0.39 is 0 Å². The molecule has 0 spiro atoms. The summed E-state index contributed by atoms with van der Waals surface area (Å²) in [5.74, 6) is 0. The number of hydrogen-bond donors (Lipinski definition) is 1. The molecule has 0 saturated carbocycles. The van der Waals surface area contributed by atoms with E-state index >= 15 is 0 Å². The Morgan fingerprint density at radius 1 is 1.57 bits per heavy atom. The van der Waals surface area contributed by atoms with Crippen LogP contribution in [0.5, 0.6) is 0 Å². The highest BCUT2D eigenvalue weighted by atomic mass is 35.5. The van der Waals surface area contributed by atoms with Gasteiger partial charge in [-0.1, -0.05) is 11.6 Å². The molecule has 2 rings (SSSR count). The quantitative estimate of drug-likeness (QED) is 0.845. The highest BCUT2D eigenvalue weighted by molar-refractivity contribution is 7.16. The average Bonchev–Trinajstić information content (AvgIpc) is 2.51. The van der Waals surface area contributed by atoms with Crippen molar-refractivity contribution in [3.8, 4) is 0 Å². The van der Waals surface area contributed by atoms with E-state index in [1.54, 1.807) is 11.3 Å². The van der Waals surface area contributed by atoms with Crippen LogP contribution in [0.3, 0.4) is 0 Å². The number of rotatable bonds is 2. The number of thiophene rings is 1. The fraction of sp³-hybridized carbons (Fsp3) is 0.600. The van der Waals surface area contributed by atoms with Crippen LogP contribution in [0.15, 0.2) is 12.1 Å². The van der Waals surface area contributed by atoms with E-state index in [0.29, 0.717) is 6.04 Å². The third-order valence-electron chi connectivity index (χ3n) is 2.55. The van der Waals surface area contributed by atoms with E-state index in [1.165, 1.54) is 24.3 Å². The van der Waals surface area contributed by atoms with Crippen molar-refractivity contribution < 1.29 is 0 Å². The molecule has 1 aliphatic rings. The molecule has 1 aromatic rings. The zero-order valence-corrected chi connectivity index (χ0v) is 9.65. The summed E-state index contributed by atoms with van der Waals surface area (Å²) in [5.41, 5.74) is 5.92. The van der Waals surface area contributed by atoms with Crippen LogP contribution < -0.4 is 5.73 Å². The first-order valence-electron chi connectivity index (χ1n) is 4.96. The maximum absolute atomic E-state index is 5.92. The van der Waals surface area contributed by atoms with Gasteiger partial charge in [0.25, 0.3) is 0 Å². The van der Waals surface area contributed by atoms with Gasteiger partial charge in [-0.05, 0) is 31.5 Å². The summed E-state index contributed by atoms with van der Waals surface area (Å²) in [6.07, 6.45) is 2.39. The van der Waals surface area contributed by atoms with Crippen molar-refractivity contribution in [3.05, 3.63) is 21.3 Å². The number of piperidine rings is 1. The van der Waals surface area contributed by atoms with Crippen molar-refractivity contribution in [3.63, 3.8) is 0 Å². The van der Waals surface area contributed by atoms with Crippen LogP contribution >= 0.6 is 22.9 Å². The lowest BCUT2D eigenvalue weighted by molar-refractivity contribution is 0.203. The topological polar surface area (TPSA) is 29.3 Å². The van der Waals surface area contributed by atoms with Crippen LogP contribution in [0.25, 0.3) is 0 Å². The van der Waals surface area contributed by atoms with Gasteiger partial charge in [0, 0.05) is 24.0 Å². The second kappa shape index (κ2) is 4.62. The molecule has 2 N–H and O–H groups in total. The van der Waals surface area contributed by atoms with E-state index in [4.69, 9.17) is 17.3 Å². The molecule has 78 valence electrons. The lowest BCUT2D eigenvalue weighted by Crippen LogP contribution is -2.42. The van der Waals surface area contributed by atoms with Crippen molar-refractivity contribution in [1.82, 2.24) is 4.90 Å². The van der Waals surface area contributed by atoms with Crippen molar-refractivity contribution in [2.75, 3.05) is 13.1 Å². The monoisotopic (exact) mass is 230 g/mol. The first-order chi connectivity index (χ1) is 6.74. The van der Waals surface area contributed by atoms with Crippen molar-refractivity contribution in [2.24, 2.45) is 5.73 Å². The average molecular weight is 231 g/mol. The number of hydrogen-bond acceptors (Lipinski definition) is 3. The summed E-state index contributed by atoms with van der Waals surface area (Å²) < 4.78 is 0.876. The molecule has 0 aromatic carbocycles. The van der Waals surface area contributed by atoms with Crippen LogP contribution in [0.2, 0.25) is 4.34 Å². The summed E-state index contributed by atoms with van der Waals surface area (Å²) in [6.45, 7) is 3.20. The smallest absolute Gasteiger partial charge is 0.0931 e. The summed E-state index contributed by atoms with van der Waals surface area (Å²) in [6, 6.07) is 4.43. The lowest BCUT2D eigenvalue weighted by atomic mass is 10.1. The van der Waals surface area contributed by atoms with Crippen molar-refractivity contribution >= 4 is 22.9 Å². The number of nitrogens with two attached hydrogens (primary N) is 1. The molecule has 0 unspecified atom stereocenters. The molecule has 0 aliphatic carbocycles. The van der Waals surface area contributed by atoms with Gasteiger partial charge in [-0.3, -0.25) is 4.90 Å². The largest absolute Gasteiger partial charge is 0.327 e. The van der Waals surface area contributed by atoms with Gasteiger partial charge in [0.05, 0.1) is 4.34 Å². The Kier molecular flexibility index (Phi) is 3.44. The van der Waals surface area contributed by atoms with E-state index in [9.17, 15) is 0 Å². The second-order valence-electron chi connectivity index (χ2n) is 3.84. The fourth-order valence-electron chi connectivity index (χ4n) is 1.89. The molecule has 14 heavy (non-hydrogen) atoms. The lowest BCUT2D eigenvalue weighted by Gasteiger charge is -2.30. The van der Waals surface area contributed by atoms with Crippen LogP contribution in [0.4, 0.5) is 0 Å². The molecule has 1 fully saturated rings. The SMILES string of the molecule is N[C@H]1CCCN(Cc2ccc(Cl)s2)C1. The van der Waals surface area contributed by atoms with Gasteiger partial charge in [0.2, 0.25) is 0 Å². The van der Waals surface area contributed by atoms with E-state index in [-0.39, 0.29) is 0 Å². The van der Waals surface area contributed by atoms with Crippen molar-refractivity contribution in [1.29, 1.82) is 0 Å². The zero-order valence-electron chi connectivity index (χ0n) is 8.08. The molecular formula is C10H15ClN2S. The Balaban J connectivity index is 1.90. The van der Waals surface area contributed by atoms with E-state index in [2.05, 4.69) is 11.0 Å². The predicted molar refractivity (Wildman–Crippen MR) is 61.8 cm³/mol. The molecule has 0 bridgehead atoms. The molecule has 2 heterocycles. The van der Waals surface area contributed by atoms with Crippen LogP contribution in [-0.2, 0) is 6.54 Å². The van der Waals surface area contributed by atoms with Crippen LogP contribution in [0.1, 0.15) is 17.7 Å². The summed E-state index contributed by atoms with van der Waals surface area (Å²) in [5, 5.41) is 0. The molecular weight excluding hydrogens is 216 g/mol. The van der Waals surface area contributed by atoms with Gasteiger partial charge in [-0.25, -0.2) is 0 Å². The fourth-order valence-corrected chi connectivity index (χ4v) is 3.02. The second-order valence-corrected chi connectivity index (χ2v) is 5.64. The third kappa shape index (κ3) is 2.70. The molecule has 1 atom stereocenters. The normalized spacial score (nSPS) is 24.0. The molecule has 0 amide bonds. The Morgan fingerprint density at radius 3 is 3.07 bits per heavy atom. The van der Waals surface area contributed by atoms with E-state index in [1.807, 2.05) is 6.07 Å². The van der Waals surface area contributed by atoms with Gasteiger partial charge >= 0.3 is 0 Å². The minimum Gasteiger partial charge on any atom is -0.327 e. The Labute approximate surface area is 93.7 Å². The van der Waals surface area contributed by atoms with Gasteiger partial charge in [0.15, 0.2) is 0 Å². The van der Waals surface area contributed by atoms with Gasteiger partial charge in [0.1, 0.15) is 0 Å². The first kappa shape index (κ1) is 10.4. The van der Waals surface area contributed by atoms with Crippen molar-refractivity contribution in [2.45, 2.75) is 25.4 Å². The Hall–Kier alpha value is -0.0900. The van der Waals surface area contributed by atoms with Crippen LogP contribution in [0, 0.1) is 0 Å². The predicted octanol–water partition coefficient (Wildman–Crippen LogP) is 2.32. The summed E-state index contributed by atoms with van der Waals surface area (Å²) in [7, 11) is 0. The minimum absolute atomic E-state index is 0.360. The Morgan fingerprint density at radius 2 is 2.43 bits per heavy atom. The molecule has 1 saturated heterocycles. The number of halogens is 1. The molecule has 0 radical (unpaired) electrons. The molecule has 1 aromatic heterocycles. The van der Waals surface area contributed by atoms with Gasteiger partial charge in [-0.2, -0.15) is 0 Å². The van der Waals surface area contributed by atoms with Gasteiger partial charge < -0.3 is 5.73 Å². The highest BCUT2D eigenvalue weighted by Gasteiger charge is 2.16. The van der Waals surface area contributed by atoms with E-state index in [0.717, 1.165) is 17.4 Å². The first-order valence-corrected chi connectivity index (χ1v) is 6.15. The maximum Gasteiger partial charge on any atom is 0.0931 e. The highest BCUT2D eigenvalue weighted by Crippen LogP contribution is 2.23. The zero-order chi connectivity index (χ0) is 9.97. The minimum atomic E-state index is 0.360. The van der Waals surface area contributed by atoms with Crippen LogP contribution in [-0.4, -0.2) is 24.0 Å². The standard InChI is InChI=1S/C10H15ClN2S/c11-10-4-3-9(14-10)7-13-5-1-2-8(12)6-13/h3-4,8H,1-2,5-7,12H2/t8-/m0/s1. The number of likely N-dealkylation sites (tertiary alicyclic amines) is 1. The Bertz CT molecular complexity index is 300.